The number of nitrogens with one attached hydrogen (secondary N) is 1. The van der Waals surface area contributed by atoms with E-state index in [0.717, 1.165) is 26.1 Å². The average Bonchev–Trinajstić information content (AvgIpc) is 2.29. The van der Waals surface area contributed by atoms with Crippen LogP contribution in [0.25, 0.3) is 0 Å². The van der Waals surface area contributed by atoms with E-state index in [9.17, 15) is 0 Å². The summed E-state index contributed by atoms with van der Waals surface area (Å²) in [6, 6.07) is 0. The Balaban J connectivity index is 2.20. The van der Waals surface area contributed by atoms with Gasteiger partial charge in [0.2, 0.25) is 0 Å². The normalized spacial score (nSPS) is 18.6. The molecule has 2 rings (SSSR count). The summed E-state index contributed by atoms with van der Waals surface area (Å²) < 4.78 is 5.35. The number of anilines is 1. The molecule has 0 aromatic carbocycles. The quantitative estimate of drug-likeness (QED) is 0.785. The summed E-state index contributed by atoms with van der Waals surface area (Å²) in [4.78, 5) is 8.67. The van der Waals surface area contributed by atoms with Gasteiger partial charge in [0.05, 0.1) is 0 Å². The van der Waals surface area contributed by atoms with Crippen molar-refractivity contribution in [2.75, 3.05) is 18.5 Å². The van der Waals surface area contributed by atoms with E-state index in [-0.39, 0.29) is 10.5 Å². The van der Waals surface area contributed by atoms with Gasteiger partial charge in [-0.25, -0.2) is 9.97 Å². The summed E-state index contributed by atoms with van der Waals surface area (Å²) in [6.07, 6.45) is 5.08. The van der Waals surface area contributed by atoms with Crippen molar-refractivity contribution in [3.8, 4) is 0 Å². The van der Waals surface area contributed by atoms with Gasteiger partial charge < -0.3 is 15.8 Å². The predicted octanol–water partition coefficient (Wildman–Crippen LogP) is 1.09. The standard InChI is InChI=1S/C11H16N4OS/c1-11(2-6-16-7-3-11)15-10-8(9(12)17)13-4-5-14-10/h4-5H,2-3,6-7H2,1H3,(H2,12,17)(H,14,15). The molecule has 3 N–H and O–H groups in total. The summed E-state index contributed by atoms with van der Waals surface area (Å²) in [6.45, 7) is 3.66. The number of hydrogen-bond acceptors (Lipinski definition) is 5. The van der Waals surface area contributed by atoms with Crippen LogP contribution in [0.3, 0.4) is 0 Å². The fraction of sp³-hybridized carbons (Fsp3) is 0.545. The van der Waals surface area contributed by atoms with Gasteiger partial charge in [-0.05, 0) is 19.8 Å². The predicted molar refractivity (Wildman–Crippen MR) is 70.0 cm³/mol. The molecule has 0 spiro atoms. The van der Waals surface area contributed by atoms with Gasteiger partial charge in [0.15, 0.2) is 5.82 Å². The first-order valence-electron chi connectivity index (χ1n) is 5.57. The van der Waals surface area contributed by atoms with Crippen molar-refractivity contribution in [3.63, 3.8) is 0 Å². The second kappa shape index (κ2) is 4.93. The number of nitrogens with two attached hydrogens (primary N) is 1. The first-order chi connectivity index (χ1) is 8.11. The van der Waals surface area contributed by atoms with E-state index in [1.807, 2.05) is 0 Å². The van der Waals surface area contributed by atoms with Gasteiger partial charge in [-0.1, -0.05) is 12.2 Å². The topological polar surface area (TPSA) is 73.1 Å². The van der Waals surface area contributed by atoms with Gasteiger partial charge in [-0.2, -0.15) is 0 Å². The Kier molecular flexibility index (Phi) is 3.54. The van der Waals surface area contributed by atoms with Crippen molar-refractivity contribution in [1.29, 1.82) is 0 Å². The van der Waals surface area contributed by atoms with Gasteiger partial charge in [-0.3, -0.25) is 0 Å². The van der Waals surface area contributed by atoms with Crippen molar-refractivity contribution in [3.05, 3.63) is 18.1 Å². The molecule has 1 fully saturated rings. The Labute approximate surface area is 106 Å². The maximum absolute atomic E-state index is 5.63. The second-order valence-corrected chi connectivity index (χ2v) is 4.86. The molecular formula is C11H16N4OS. The van der Waals surface area contributed by atoms with Gasteiger partial charge in [0.25, 0.3) is 0 Å². The SMILES string of the molecule is CC1(Nc2nccnc2C(N)=S)CCOCC1. The molecule has 0 bridgehead atoms. The number of thiocarbonyl (C=S) groups is 1. The first kappa shape index (κ1) is 12.2. The molecular weight excluding hydrogens is 236 g/mol. The minimum Gasteiger partial charge on any atom is -0.388 e. The Morgan fingerprint density at radius 3 is 2.71 bits per heavy atom. The fourth-order valence-electron chi connectivity index (χ4n) is 1.84. The molecule has 0 saturated carbocycles. The molecule has 1 aromatic heterocycles. The number of rotatable bonds is 3. The lowest BCUT2D eigenvalue weighted by Crippen LogP contribution is -2.41. The minimum absolute atomic E-state index is 0.0339. The highest BCUT2D eigenvalue weighted by atomic mass is 32.1. The molecule has 1 saturated heterocycles. The van der Waals surface area contributed by atoms with E-state index in [2.05, 4.69) is 22.2 Å². The molecule has 2 heterocycles. The summed E-state index contributed by atoms with van der Waals surface area (Å²) >= 11 is 4.96. The van der Waals surface area contributed by atoms with E-state index < -0.39 is 0 Å². The van der Waals surface area contributed by atoms with Crippen LogP contribution >= 0.6 is 12.2 Å². The van der Waals surface area contributed by atoms with Crippen LogP contribution in [0, 0.1) is 0 Å². The highest BCUT2D eigenvalue weighted by Gasteiger charge is 2.28. The molecule has 0 aliphatic carbocycles. The molecule has 0 atom stereocenters. The lowest BCUT2D eigenvalue weighted by molar-refractivity contribution is 0.0657. The summed E-state index contributed by atoms with van der Waals surface area (Å²) in [7, 11) is 0. The average molecular weight is 252 g/mol. The molecule has 6 heteroatoms. The maximum atomic E-state index is 5.63. The van der Waals surface area contributed by atoms with E-state index >= 15 is 0 Å². The molecule has 0 unspecified atom stereocenters. The van der Waals surface area contributed by atoms with Crippen molar-refractivity contribution >= 4 is 23.0 Å². The molecule has 1 aliphatic rings. The number of hydrogen-bond donors (Lipinski definition) is 2. The lowest BCUT2D eigenvalue weighted by Gasteiger charge is -2.35. The van der Waals surface area contributed by atoms with Crippen molar-refractivity contribution in [1.82, 2.24) is 9.97 Å². The van der Waals surface area contributed by atoms with Crippen LogP contribution in [0.4, 0.5) is 5.82 Å². The molecule has 1 aromatic rings. The van der Waals surface area contributed by atoms with E-state index in [0.29, 0.717) is 11.5 Å². The summed E-state index contributed by atoms with van der Waals surface area (Å²) in [5, 5.41) is 3.39. The fourth-order valence-corrected chi connectivity index (χ4v) is 1.99. The van der Waals surface area contributed by atoms with Crippen LogP contribution in [-0.4, -0.2) is 33.7 Å². The Bertz CT molecular complexity index is 418. The third-order valence-corrected chi connectivity index (χ3v) is 3.14. The highest BCUT2D eigenvalue weighted by Crippen LogP contribution is 2.25. The summed E-state index contributed by atoms with van der Waals surface area (Å²) in [5.74, 6) is 0.657. The minimum atomic E-state index is -0.0339. The first-order valence-corrected chi connectivity index (χ1v) is 5.98. The monoisotopic (exact) mass is 252 g/mol. The van der Waals surface area contributed by atoms with Crippen LogP contribution in [-0.2, 0) is 4.74 Å². The van der Waals surface area contributed by atoms with Gasteiger partial charge >= 0.3 is 0 Å². The number of aromatic nitrogens is 2. The van der Waals surface area contributed by atoms with Crippen LogP contribution in [0.15, 0.2) is 12.4 Å². The number of ether oxygens (including phenoxy) is 1. The van der Waals surface area contributed by atoms with Gasteiger partial charge in [0, 0.05) is 31.1 Å². The van der Waals surface area contributed by atoms with Gasteiger partial charge in [0.1, 0.15) is 10.7 Å². The Morgan fingerprint density at radius 1 is 1.41 bits per heavy atom. The van der Waals surface area contributed by atoms with Crippen LogP contribution in [0.2, 0.25) is 0 Å². The van der Waals surface area contributed by atoms with E-state index in [4.69, 9.17) is 22.7 Å². The summed E-state index contributed by atoms with van der Waals surface area (Å²) in [5.41, 5.74) is 6.14. The molecule has 0 radical (unpaired) electrons. The Morgan fingerprint density at radius 2 is 2.06 bits per heavy atom. The Hall–Kier alpha value is -1.27. The molecule has 92 valence electrons. The van der Waals surface area contributed by atoms with Crippen LogP contribution in [0.5, 0.6) is 0 Å². The van der Waals surface area contributed by atoms with Gasteiger partial charge in [-0.15, -0.1) is 0 Å². The second-order valence-electron chi connectivity index (χ2n) is 4.42. The van der Waals surface area contributed by atoms with E-state index in [1.165, 1.54) is 0 Å². The smallest absolute Gasteiger partial charge is 0.155 e. The van der Waals surface area contributed by atoms with Crippen molar-refractivity contribution in [2.24, 2.45) is 5.73 Å². The molecule has 5 nitrogen and oxygen atoms in total. The highest BCUT2D eigenvalue weighted by molar-refractivity contribution is 7.80. The molecule has 1 aliphatic heterocycles. The molecule has 17 heavy (non-hydrogen) atoms. The third-order valence-electron chi connectivity index (χ3n) is 2.95. The van der Waals surface area contributed by atoms with Crippen LogP contribution < -0.4 is 11.1 Å². The maximum Gasteiger partial charge on any atom is 0.155 e. The third kappa shape index (κ3) is 2.89. The van der Waals surface area contributed by atoms with E-state index in [1.54, 1.807) is 12.4 Å². The zero-order valence-corrected chi connectivity index (χ0v) is 10.6. The molecule has 0 amide bonds. The van der Waals surface area contributed by atoms with Crippen LogP contribution in [0.1, 0.15) is 25.5 Å². The number of nitrogens with zero attached hydrogens (tertiary/aromatic N) is 2. The lowest BCUT2D eigenvalue weighted by atomic mass is 9.92. The zero-order chi connectivity index (χ0) is 12.3. The largest absolute Gasteiger partial charge is 0.388 e. The van der Waals surface area contributed by atoms with Crippen molar-refractivity contribution in [2.45, 2.75) is 25.3 Å². The van der Waals surface area contributed by atoms with Crippen molar-refractivity contribution < 1.29 is 4.74 Å². The zero-order valence-electron chi connectivity index (χ0n) is 9.77.